The van der Waals surface area contributed by atoms with E-state index in [1.54, 1.807) is 58.4 Å². The first-order valence-corrected chi connectivity index (χ1v) is 10.9. The number of carbonyl (C=O) groups is 2. The van der Waals surface area contributed by atoms with E-state index in [0.717, 1.165) is 22.6 Å². The highest BCUT2D eigenvalue weighted by Gasteiger charge is 2.16. The predicted molar refractivity (Wildman–Crippen MR) is 123 cm³/mol. The molecule has 0 saturated carbocycles. The molecule has 0 radical (unpaired) electrons. The summed E-state index contributed by atoms with van der Waals surface area (Å²) in [5.41, 5.74) is 3.88. The van der Waals surface area contributed by atoms with Crippen molar-refractivity contribution < 1.29 is 23.8 Å². The van der Waals surface area contributed by atoms with E-state index in [4.69, 9.17) is 14.2 Å². The molecule has 0 fully saturated rings. The molecular formula is C23H28N2O5S. The second-order valence-corrected chi connectivity index (χ2v) is 8.56. The molecule has 0 aliphatic carbocycles. The number of ether oxygens (including phenoxy) is 3. The minimum atomic E-state index is -0.542. The lowest BCUT2D eigenvalue weighted by atomic mass is 10.2. The molecule has 0 atom stereocenters. The lowest BCUT2D eigenvalue weighted by Crippen LogP contribution is -2.27. The molecule has 0 saturated heterocycles. The van der Waals surface area contributed by atoms with E-state index in [1.807, 2.05) is 24.3 Å². The Hall–Kier alpha value is -3.00. The summed E-state index contributed by atoms with van der Waals surface area (Å²) >= 11 is 1.51. The van der Waals surface area contributed by atoms with Crippen LogP contribution in [-0.4, -0.2) is 43.2 Å². The first kappa shape index (κ1) is 24.3. The topological polar surface area (TPSA) is 86.2 Å². The average molecular weight is 445 g/mol. The van der Waals surface area contributed by atoms with Crippen molar-refractivity contribution >= 4 is 29.9 Å². The highest BCUT2D eigenvalue weighted by Crippen LogP contribution is 2.16. The zero-order chi connectivity index (χ0) is 22.7. The first-order chi connectivity index (χ1) is 14.7. The van der Waals surface area contributed by atoms with Crippen LogP contribution in [0.3, 0.4) is 0 Å². The molecule has 2 aromatic rings. The smallest absolute Gasteiger partial charge is 0.344 e. The summed E-state index contributed by atoms with van der Waals surface area (Å²) in [6.07, 6.45) is 1.55. The minimum Gasteiger partial charge on any atom is -0.497 e. The van der Waals surface area contributed by atoms with Gasteiger partial charge in [0.2, 0.25) is 5.91 Å². The third-order valence-electron chi connectivity index (χ3n) is 3.72. The summed E-state index contributed by atoms with van der Waals surface area (Å²) in [5.74, 6) is 1.79. The fraction of sp³-hybridized carbons (Fsp3) is 0.348. The van der Waals surface area contributed by atoms with Gasteiger partial charge in [-0.3, -0.25) is 4.79 Å². The van der Waals surface area contributed by atoms with Gasteiger partial charge in [-0.15, -0.1) is 11.8 Å². The van der Waals surface area contributed by atoms with Crippen LogP contribution in [0.25, 0.3) is 0 Å². The number of rotatable bonds is 10. The van der Waals surface area contributed by atoms with Gasteiger partial charge in [0.05, 0.1) is 19.1 Å². The number of hydrazone groups is 1. The molecule has 0 heterocycles. The number of carbonyl (C=O) groups excluding carboxylic acids is 2. The van der Waals surface area contributed by atoms with Gasteiger partial charge in [-0.25, -0.2) is 10.2 Å². The normalized spacial score (nSPS) is 11.2. The maximum Gasteiger partial charge on any atom is 0.344 e. The van der Waals surface area contributed by atoms with Crippen molar-refractivity contribution in [3.63, 3.8) is 0 Å². The van der Waals surface area contributed by atoms with Crippen LogP contribution in [0.1, 0.15) is 31.9 Å². The summed E-state index contributed by atoms with van der Waals surface area (Å²) < 4.78 is 15.7. The van der Waals surface area contributed by atoms with Gasteiger partial charge in [-0.1, -0.05) is 12.1 Å². The molecule has 166 valence electrons. The Morgan fingerprint density at radius 3 is 2.29 bits per heavy atom. The van der Waals surface area contributed by atoms with E-state index >= 15 is 0 Å². The van der Waals surface area contributed by atoms with Crippen LogP contribution in [0.5, 0.6) is 11.5 Å². The Kier molecular flexibility index (Phi) is 9.40. The molecule has 0 bridgehead atoms. The van der Waals surface area contributed by atoms with Gasteiger partial charge in [0.15, 0.2) is 6.61 Å². The molecule has 8 heteroatoms. The van der Waals surface area contributed by atoms with E-state index in [-0.39, 0.29) is 12.5 Å². The molecule has 2 aromatic carbocycles. The van der Waals surface area contributed by atoms with E-state index in [2.05, 4.69) is 10.5 Å². The monoisotopic (exact) mass is 444 g/mol. The molecule has 31 heavy (non-hydrogen) atoms. The molecule has 7 nitrogen and oxygen atoms in total. The van der Waals surface area contributed by atoms with Crippen molar-refractivity contribution in [2.45, 2.75) is 32.1 Å². The molecule has 0 aliphatic heterocycles. The number of nitrogens with zero attached hydrogens (tertiary/aromatic N) is 1. The van der Waals surface area contributed by atoms with E-state index < -0.39 is 11.6 Å². The van der Waals surface area contributed by atoms with E-state index in [9.17, 15) is 9.59 Å². The Bertz CT molecular complexity index is 874. The largest absolute Gasteiger partial charge is 0.497 e. The van der Waals surface area contributed by atoms with Crippen molar-refractivity contribution in [3.8, 4) is 11.5 Å². The quantitative estimate of drug-likeness (QED) is 0.341. The zero-order valence-electron chi connectivity index (χ0n) is 18.2. The van der Waals surface area contributed by atoms with Gasteiger partial charge < -0.3 is 14.2 Å². The zero-order valence-corrected chi connectivity index (χ0v) is 19.0. The predicted octanol–water partition coefficient (Wildman–Crippen LogP) is 3.80. The van der Waals surface area contributed by atoms with Crippen LogP contribution in [-0.2, 0) is 20.1 Å². The third-order valence-corrected chi connectivity index (χ3v) is 4.72. The lowest BCUT2D eigenvalue weighted by molar-refractivity contribution is -0.157. The Morgan fingerprint density at radius 2 is 1.68 bits per heavy atom. The second-order valence-electron chi connectivity index (χ2n) is 7.58. The summed E-state index contributed by atoms with van der Waals surface area (Å²) in [6, 6.07) is 14.7. The van der Waals surface area contributed by atoms with Gasteiger partial charge in [-0.05, 0) is 68.3 Å². The number of benzene rings is 2. The van der Waals surface area contributed by atoms with Crippen molar-refractivity contribution in [2.24, 2.45) is 5.10 Å². The van der Waals surface area contributed by atoms with Crippen molar-refractivity contribution in [1.82, 2.24) is 5.43 Å². The highest BCUT2D eigenvalue weighted by molar-refractivity contribution is 7.99. The first-order valence-electron chi connectivity index (χ1n) is 9.72. The number of hydrogen-bond donors (Lipinski definition) is 1. The van der Waals surface area contributed by atoms with Gasteiger partial charge >= 0.3 is 5.97 Å². The minimum absolute atomic E-state index is 0.158. The number of esters is 1. The fourth-order valence-corrected chi connectivity index (χ4v) is 3.14. The maximum absolute atomic E-state index is 11.9. The number of amides is 1. The molecule has 2 rings (SSSR count). The number of methoxy groups -OCH3 is 1. The molecule has 1 amide bonds. The van der Waals surface area contributed by atoms with Crippen molar-refractivity contribution in [2.75, 3.05) is 19.5 Å². The highest BCUT2D eigenvalue weighted by atomic mass is 32.2. The summed E-state index contributed by atoms with van der Waals surface area (Å²) in [6.45, 7) is 5.25. The van der Waals surface area contributed by atoms with E-state index in [0.29, 0.717) is 11.5 Å². The summed E-state index contributed by atoms with van der Waals surface area (Å²) in [5, 5.41) is 3.96. The van der Waals surface area contributed by atoms with Gasteiger partial charge in [0.1, 0.15) is 17.1 Å². The molecular weight excluding hydrogens is 416 g/mol. The summed E-state index contributed by atoms with van der Waals surface area (Å²) in [4.78, 5) is 23.6. The van der Waals surface area contributed by atoms with Gasteiger partial charge in [-0.2, -0.15) is 5.10 Å². The van der Waals surface area contributed by atoms with E-state index in [1.165, 1.54) is 11.8 Å². The number of thioether (sulfide) groups is 1. The van der Waals surface area contributed by atoms with Crippen LogP contribution < -0.4 is 14.9 Å². The molecule has 0 aliphatic rings. The molecule has 0 aromatic heterocycles. The second kappa shape index (κ2) is 12.0. The SMILES string of the molecule is COc1ccc(CSCC(=O)N/N=C\c2ccc(OCC(=O)OC(C)(C)C)cc2)cc1. The van der Waals surface area contributed by atoms with Crippen LogP contribution in [0.2, 0.25) is 0 Å². The molecule has 0 unspecified atom stereocenters. The fourth-order valence-electron chi connectivity index (χ4n) is 2.36. The Balaban J connectivity index is 1.68. The van der Waals surface area contributed by atoms with Crippen LogP contribution >= 0.6 is 11.8 Å². The van der Waals surface area contributed by atoms with Gasteiger partial charge in [0, 0.05) is 5.75 Å². The van der Waals surface area contributed by atoms with Crippen LogP contribution in [0.15, 0.2) is 53.6 Å². The van der Waals surface area contributed by atoms with Crippen LogP contribution in [0.4, 0.5) is 0 Å². The van der Waals surface area contributed by atoms with Gasteiger partial charge in [0.25, 0.3) is 0 Å². The Labute approximate surface area is 187 Å². The third kappa shape index (κ3) is 10.0. The van der Waals surface area contributed by atoms with Crippen LogP contribution in [0, 0.1) is 0 Å². The number of hydrogen-bond acceptors (Lipinski definition) is 7. The Morgan fingerprint density at radius 1 is 1.03 bits per heavy atom. The number of nitrogens with one attached hydrogen (secondary N) is 1. The molecule has 0 spiro atoms. The summed E-state index contributed by atoms with van der Waals surface area (Å²) in [7, 11) is 1.63. The van der Waals surface area contributed by atoms with Crippen molar-refractivity contribution in [3.05, 3.63) is 59.7 Å². The lowest BCUT2D eigenvalue weighted by Gasteiger charge is -2.19. The standard InChI is InChI=1S/C23H28N2O5S/c1-23(2,3)30-22(27)14-29-20-11-5-17(6-12-20)13-24-25-21(26)16-31-15-18-7-9-19(28-4)10-8-18/h5-13H,14-16H2,1-4H3,(H,25,26)/b24-13-. The average Bonchev–Trinajstić information content (AvgIpc) is 2.72. The maximum atomic E-state index is 11.9. The molecule has 1 N–H and O–H groups in total. The van der Waals surface area contributed by atoms with Crippen molar-refractivity contribution in [1.29, 1.82) is 0 Å².